The molecule has 6 nitrogen and oxygen atoms in total. The second kappa shape index (κ2) is 6.84. The number of benzene rings is 1. The van der Waals surface area contributed by atoms with Gasteiger partial charge in [-0.3, -0.25) is 14.4 Å². The zero-order valence-electron chi connectivity index (χ0n) is 12.9. The minimum atomic E-state index is -0.346. The number of nitrogens with one attached hydrogen (secondary N) is 2. The molecule has 2 N–H and O–H groups in total. The molecule has 1 aliphatic carbocycles. The van der Waals surface area contributed by atoms with Gasteiger partial charge in [0.2, 0.25) is 5.91 Å². The highest BCUT2D eigenvalue weighted by Crippen LogP contribution is 2.40. The summed E-state index contributed by atoms with van der Waals surface area (Å²) in [6.07, 6.45) is 0.521. The maximum Gasteiger partial charge on any atom is 0.309 e. The van der Waals surface area contributed by atoms with E-state index in [0.717, 1.165) is 0 Å². The minimum absolute atomic E-state index is 0.166. The topological polar surface area (TPSA) is 84.5 Å². The van der Waals surface area contributed by atoms with Gasteiger partial charge in [0.05, 0.1) is 23.8 Å². The summed E-state index contributed by atoms with van der Waals surface area (Å²) in [5, 5.41) is 7.39. The molecule has 0 saturated heterocycles. The summed E-state index contributed by atoms with van der Waals surface area (Å²) < 4.78 is 4.63. The van der Waals surface area contributed by atoms with Gasteiger partial charge in [-0.2, -0.15) is 0 Å². The van der Waals surface area contributed by atoms with Crippen LogP contribution in [0.25, 0.3) is 0 Å². The summed E-state index contributed by atoms with van der Waals surface area (Å²) in [6.45, 7) is 0. The van der Waals surface area contributed by atoms with Crippen LogP contribution in [0.1, 0.15) is 16.1 Å². The van der Waals surface area contributed by atoms with E-state index < -0.39 is 0 Å². The highest BCUT2D eigenvalue weighted by Gasteiger charge is 2.48. The Morgan fingerprint density at radius 3 is 2.29 bits per heavy atom. The van der Waals surface area contributed by atoms with Crippen molar-refractivity contribution in [2.24, 2.45) is 11.8 Å². The highest BCUT2D eigenvalue weighted by atomic mass is 32.1. The molecule has 1 fully saturated rings. The maximum atomic E-state index is 12.0. The molecule has 0 bridgehead atoms. The standard InChI is InChI=1S/C17H16N2O4S/c1-23-17(22)13-9-12(13)15(20)18-10-4-6-11(7-5-10)19-16(21)14-3-2-8-24-14/h2-8,12-13H,9H2,1H3,(H,18,20)(H,19,21)/t12-,13+/m1/s1. The van der Waals surface area contributed by atoms with Crippen molar-refractivity contribution in [3.05, 3.63) is 46.7 Å². The third-order valence-corrected chi connectivity index (χ3v) is 4.66. The van der Waals surface area contributed by atoms with Crippen molar-refractivity contribution in [2.45, 2.75) is 6.42 Å². The van der Waals surface area contributed by atoms with Gasteiger partial charge in [0.1, 0.15) is 0 Å². The minimum Gasteiger partial charge on any atom is -0.469 e. The molecule has 2 aromatic rings. The lowest BCUT2D eigenvalue weighted by molar-refractivity contribution is -0.143. The molecule has 0 spiro atoms. The van der Waals surface area contributed by atoms with Gasteiger partial charge < -0.3 is 15.4 Å². The van der Waals surface area contributed by atoms with Crippen LogP contribution in [0.15, 0.2) is 41.8 Å². The molecule has 7 heteroatoms. The van der Waals surface area contributed by atoms with Gasteiger partial charge in [0.25, 0.3) is 5.91 Å². The Kier molecular flexibility index (Phi) is 4.61. The lowest BCUT2D eigenvalue weighted by Gasteiger charge is -2.07. The van der Waals surface area contributed by atoms with Crippen molar-refractivity contribution in [3.8, 4) is 0 Å². The zero-order valence-corrected chi connectivity index (χ0v) is 13.8. The zero-order chi connectivity index (χ0) is 17.1. The molecule has 1 aromatic heterocycles. The van der Waals surface area contributed by atoms with Crippen LogP contribution in [0.5, 0.6) is 0 Å². The van der Waals surface area contributed by atoms with Gasteiger partial charge in [0, 0.05) is 11.4 Å². The first-order valence-corrected chi connectivity index (χ1v) is 8.30. The number of hydrogen-bond acceptors (Lipinski definition) is 5. The summed E-state index contributed by atoms with van der Waals surface area (Å²) in [4.78, 5) is 36.0. The number of methoxy groups -OCH3 is 1. The number of ether oxygens (including phenoxy) is 1. The molecule has 2 atom stereocenters. The Morgan fingerprint density at radius 2 is 1.71 bits per heavy atom. The maximum absolute atomic E-state index is 12.0. The first-order valence-electron chi connectivity index (χ1n) is 7.42. The van der Waals surface area contributed by atoms with E-state index in [1.807, 2.05) is 11.4 Å². The van der Waals surface area contributed by atoms with Crippen molar-refractivity contribution in [1.29, 1.82) is 0 Å². The van der Waals surface area contributed by atoms with E-state index in [-0.39, 0.29) is 29.6 Å². The monoisotopic (exact) mass is 344 g/mol. The quantitative estimate of drug-likeness (QED) is 0.817. The van der Waals surface area contributed by atoms with Crippen LogP contribution in [-0.2, 0) is 14.3 Å². The van der Waals surface area contributed by atoms with Crippen LogP contribution in [0.3, 0.4) is 0 Å². The number of anilines is 2. The Labute approximate surface area is 142 Å². The molecule has 1 aliphatic rings. The normalized spacial score (nSPS) is 18.5. The van der Waals surface area contributed by atoms with Crippen molar-refractivity contribution in [3.63, 3.8) is 0 Å². The van der Waals surface area contributed by atoms with Crippen LogP contribution in [0, 0.1) is 11.8 Å². The van der Waals surface area contributed by atoms with Crippen LogP contribution in [-0.4, -0.2) is 24.9 Å². The SMILES string of the molecule is COC(=O)[C@H]1C[C@H]1C(=O)Nc1ccc(NC(=O)c2cccs2)cc1. The summed E-state index contributed by atoms with van der Waals surface area (Å²) in [7, 11) is 1.32. The van der Waals surface area contributed by atoms with Gasteiger partial charge in [-0.1, -0.05) is 6.07 Å². The van der Waals surface area contributed by atoms with Crippen LogP contribution < -0.4 is 10.6 Å². The molecular formula is C17H16N2O4S. The smallest absolute Gasteiger partial charge is 0.309 e. The van der Waals surface area contributed by atoms with Crippen molar-refractivity contribution in [1.82, 2.24) is 0 Å². The van der Waals surface area contributed by atoms with E-state index in [4.69, 9.17) is 0 Å². The highest BCUT2D eigenvalue weighted by molar-refractivity contribution is 7.12. The number of thiophene rings is 1. The summed E-state index contributed by atoms with van der Waals surface area (Å²) >= 11 is 1.37. The van der Waals surface area contributed by atoms with Crippen molar-refractivity contribution in [2.75, 3.05) is 17.7 Å². The molecule has 2 amide bonds. The Balaban J connectivity index is 1.54. The predicted molar refractivity (Wildman–Crippen MR) is 91.0 cm³/mol. The second-order valence-electron chi connectivity index (χ2n) is 5.47. The molecule has 0 aliphatic heterocycles. The van der Waals surface area contributed by atoms with Gasteiger partial charge in [-0.25, -0.2) is 0 Å². The molecule has 124 valence electrons. The molecule has 24 heavy (non-hydrogen) atoms. The Morgan fingerprint density at radius 1 is 1.04 bits per heavy atom. The Hall–Kier alpha value is -2.67. The number of amides is 2. The summed E-state index contributed by atoms with van der Waals surface area (Å²) in [5.41, 5.74) is 1.26. The molecule has 0 unspecified atom stereocenters. The third-order valence-electron chi connectivity index (χ3n) is 3.79. The number of carbonyl (C=O) groups is 3. The molecule has 1 aromatic carbocycles. The molecular weight excluding hydrogens is 328 g/mol. The van der Waals surface area contributed by atoms with Crippen molar-refractivity contribution >= 4 is 40.5 Å². The number of hydrogen-bond donors (Lipinski definition) is 2. The predicted octanol–water partition coefficient (Wildman–Crippen LogP) is 2.75. The van der Waals surface area contributed by atoms with E-state index in [2.05, 4.69) is 15.4 Å². The van der Waals surface area contributed by atoms with E-state index in [0.29, 0.717) is 22.7 Å². The van der Waals surface area contributed by atoms with E-state index in [9.17, 15) is 14.4 Å². The fourth-order valence-corrected chi connectivity index (χ4v) is 2.99. The average molecular weight is 344 g/mol. The fraction of sp³-hybridized carbons (Fsp3) is 0.235. The number of rotatable bonds is 5. The summed E-state index contributed by atoms with van der Waals surface area (Å²) in [6, 6.07) is 10.4. The number of carbonyl (C=O) groups excluding carboxylic acids is 3. The van der Waals surface area contributed by atoms with Gasteiger partial charge in [-0.05, 0) is 42.1 Å². The first-order chi connectivity index (χ1) is 11.6. The molecule has 3 rings (SSSR count). The fourth-order valence-electron chi connectivity index (χ4n) is 2.37. The van der Waals surface area contributed by atoms with Gasteiger partial charge in [0.15, 0.2) is 0 Å². The van der Waals surface area contributed by atoms with E-state index in [1.54, 1.807) is 30.3 Å². The second-order valence-corrected chi connectivity index (χ2v) is 6.42. The van der Waals surface area contributed by atoms with E-state index in [1.165, 1.54) is 18.4 Å². The summed E-state index contributed by atoms with van der Waals surface area (Å²) in [5.74, 6) is -1.36. The molecule has 1 heterocycles. The van der Waals surface area contributed by atoms with Crippen molar-refractivity contribution < 1.29 is 19.1 Å². The lowest BCUT2D eigenvalue weighted by atomic mass is 10.2. The van der Waals surface area contributed by atoms with Crippen LogP contribution in [0.4, 0.5) is 11.4 Å². The number of esters is 1. The first kappa shape index (κ1) is 16.2. The van der Waals surface area contributed by atoms with Gasteiger partial charge in [-0.15, -0.1) is 11.3 Å². The third kappa shape index (κ3) is 3.62. The molecule has 1 saturated carbocycles. The lowest BCUT2D eigenvalue weighted by Crippen LogP contribution is -2.17. The van der Waals surface area contributed by atoms with Crippen LogP contribution in [0.2, 0.25) is 0 Å². The molecule has 0 radical (unpaired) electrons. The average Bonchev–Trinajstić information content (AvgIpc) is 3.20. The van der Waals surface area contributed by atoms with Gasteiger partial charge >= 0.3 is 5.97 Å². The largest absolute Gasteiger partial charge is 0.469 e. The van der Waals surface area contributed by atoms with E-state index >= 15 is 0 Å². The van der Waals surface area contributed by atoms with Crippen LogP contribution >= 0.6 is 11.3 Å². The Bertz CT molecular complexity index is 755.